The molecule has 0 amide bonds. The first-order valence-electron chi connectivity index (χ1n) is 8.20. The third kappa shape index (κ3) is 3.64. The lowest BCUT2D eigenvalue weighted by Gasteiger charge is -2.08. The smallest absolute Gasteiger partial charge is 0.226 e. The third-order valence-corrected chi connectivity index (χ3v) is 5.34. The van der Waals surface area contributed by atoms with E-state index in [1.165, 1.54) is 0 Å². The standard InChI is InChI=1S/C19H15BrN4OS/c1-2-17-22-16(24-25-17)11-26-19-14-5-3-4-6-15(14)21-18(23-19)12-7-9-13(20)10-8-12/h3-10H,2,11H2,1H3. The second-order valence-electron chi connectivity index (χ2n) is 5.62. The van der Waals surface area contributed by atoms with E-state index in [-0.39, 0.29) is 0 Å². The van der Waals surface area contributed by atoms with Crippen molar-refractivity contribution in [3.05, 3.63) is 64.7 Å². The van der Waals surface area contributed by atoms with Crippen LogP contribution in [0.2, 0.25) is 0 Å². The Kier molecular flexibility index (Phi) is 4.99. The predicted octanol–water partition coefficient (Wildman–Crippen LogP) is 5.30. The molecule has 2 aromatic heterocycles. The Balaban J connectivity index is 1.70. The van der Waals surface area contributed by atoms with Crippen LogP contribution in [-0.4, -0.2) is 20.1 Å². The van der Waals surface area contributed by atoms with E-state index in [9.17, 15) is 0 Å². The molecule has 130 valence electrons. The summed E-state index contributed by atoms with van der Waals surface area (Å²) in [6.45, 7) is 1.99. The average Bonchev–Trinajstić information content (AvgIpc) is 3.14. The lowest BCUT2D eigenvalue weighted by Crippen LogP contribution is -1.95. The van der Waals surface area contributed by atoms with Gasteiger partial charge in [0.25, 0.3) is 0 Å². The lowest BCUT2D eigenvalue weighted by atomic mass is 10.2. The molecule has 7 heteroatoms. The predicted molar refractivity (Wildman–Crippen MR) is 106 cm³/mol. The summed E-state index contributed by atoms with van der Waals surface area (Å²) in [5.41, 5.74) is 1.90. The molecule has 0 atom stereocenters. The highest BCUT2D eigenvalue weighted by Gasteiger charge is 2.12. The number of halogens is 1. The topological polar surface area (TPSA) is 64.7 Å². The summed E-state index contributed by atoms with van der Waals surface area (Å²) in [7, 11) is 0. The van der Waals surface area contributed by atoms with E-state index in [0.29, 0.717) is 23.3 Å². The van der Waals surface area contributed by atoms with Gasteiger partial charge >= 0.3 is 0 Å². The number of aryl methyl sites for hydroxylation is 1. The number of aromatic nitrogens is 4. The molecular weight excluding hydrogens is 412 g/mol. The summed E-state index contributed by atoms with van der Waals surface area (Å²) in [6, 6.07) is 16.0. The van der Waals surface area contributed by atoms with Crippen LogP contribution in [0.5, 0.6) is 0 Å². The van der Waals surface area contributed by atoms with Gasteiger partial charge in [-0.3, -0.25) is 0 Å². The fraction of sp³-hybridized carbons (Fsp3) is 0.158. The molecule has 0 N–H and O–H groups in total. The molecule has 0 aliphatic heterocycles. The summed E-state index contributed by atoms with van der Waals surface area (Å²) in [5, 5.41) is 5.96. The largest absolute Gasteiger partial charge is 0.339 e. The van der Waals surface area contributed by atoms with Crippen LogP contribution in [0, 0.1) is 0 Å². The zero-order valence-corrected chi connectivity index (χ0v) is 16.4. The van der Waals surface area contributed by atoms with Gasteiger partial charge in [0.05, 0.1) is 11.3 Å². The van der Waals surface area contributed by atoms with Gasteiger partial charge in [-0.05, 0) is 18.2 Å². The summed E-state index contributed by atoms with van der Waals surface area (Å²) in [4.78, 5) is 13.9. The SMILES string of the molecule is CCc1nc(CSc2nc(-c3ccc(Br)cc3)nc3ccccc23)no1. The first kappa shape index (κ1) is 17.2. The number of rotatable bonds is 5. The monoisotopic (exact) mass is 426 g/mol. The van der Waals surface area contributed by atoms with Gasteiger partial charge in [0.1, 0.15) is 5.03 Å². The third-order valence-electron chi connectivity index (χ3n) is 3.82. The van der Waals surface area contributed by atoms with Gasteiger partial charge in [0, 0.05) is 21.8 Å². The van der Waals surface area contributed by atoms with Crippen LogP contribution in [0.1, 0.15) is 18.6 Å². The minimum Gasteiger partial charge on any atom is -0.339 e. The average molecular weight is 427 g/mol. The molecule has 0 saturated carbocycles. The molecule has 0 fully saturated rings. The van der Waals surface area contributed by atoms with E-state index in [1.54, 1.807) is 11.8 Å². The Labute approximate surface area is 163 Å². The van der Waals surface area contributed by atoms with Crippen molar-refractivity contribution in [3.8, 4) is 11.4 Å². The molecule has 0 spiro atoms. The second-order valence-corrected chi connectivity index (χ2v) is 7.50. The quantitative estimate of drug-likeness (QED) is 0.318. The molecule has 0 saturated heterocycles. The lowest BCUT2D eigenvalue weighted by molar-refractivity contribution is 0.378. The maximum atomic E-state index is 5.18. The molecule has 0 aliphatic rings. The van der Waals surface area contributed by atoms with Gasteiger partial charge in [-0.25, -0.2) is 9.97 Å². The van der Waals surface area contributed by atoms with Gasteiger partial charge in [-0.15, -0.1) is 0 Å². The highest BCUT2D eigenvalue weighted by atomic mass is 79.9. The van der Waals surface area contributed by atoms with E-state index in [4.69, 9.17) is 14.5 Å². The highest BCUT2D eigenvalue weighted by Crippen LogP contribution is 2.30. The van der Waals surface area contributed by atoms with Crippen LogP contribution in [0.15, 0.2) is 62.6 Å². The normalized spacial score (nSPS) is 11.2. The van der Waals surface area contributed by atoms with Crippen LogP contribution >= 0.6 is 27.7 Å². The van der Waals surface area contributed by atoms with Crippen LogP contribution in [-0.2, 0) is 12.2 Å². The van der Waals surface area contributed by atoms with Crippen molar-refractivity contribution in [3.63, 3.8) is 0 Å². The van der Waals surface area contributed by atoms with E-state index < -0.39 is 0 Å². The van der Waals surface area contributed by atoms with Crippen molar-refractivity contribution >= 4 is 38.6 Å². The maximum Gasteiger partial charge on any atom is 0.226 e. The number of fused-ring (bicyclic) bond motifs is 1. The second kappa shape index (κ2) is 7.55. The van der Waals surface area contributed by atoms with Gasteiger partial charge in [-0.2, -0.15) is 4.98 Å². The number of hydrogen-bond donors (Lipinski definition) is 0. The van der Waals surface area contributed by atoms with E-state index in [2.05, 4.69) is 26.1 Å². The number of thioether (sulfide) groups is 1. The van der Waals surface area contributed by atoms with Crippen LogP contribution in [0.25, 0.3) is 22.3 Å². The Hall–Kier alpha value is -2.25. The molecule has 2 heterocycles. The molecule has 0 radical (unpaired) electrons. The fourth-order valence-corrected chi connectivity index (χ4v) is 3.64. The van der Waals surface area contributed by atoms with Crippen molar-refractivity contribution < 1.29 is 4.52 Å². The van der Waals surface area contributed by atoms with Gasteiger partial charge < -0.3 is 4.52 Å². The summed E-state index contributed by atoms with van der Waals surface area (Å²) in [6.07, 6.45) is 0.738. The van der Waals surface area contributed by atoms with E-state index in [0.717, 1.165) is 32.4 Å². The minimum absolute atomic E-state index is 0.601. The van der Waals surface area contributed by atoms with Crippen molar-refractivity contribution in [2.45, 2.75) is 24.1 Å². The van der Waals surface area contributed by atoms with E-state index >= 15 is 0 Å². The number of benzene rings is 2. The van der Waals surface area contributed by atoms with Gasteiger partial charge in [0.15, 0.2) is 11.6 Å². The molecule has 4 aromatic rings. The van der Waals surface area contributed by atoms with Gasteiger partial charge in [0.2, 0.25) is 5.89 Å². The molecule has 4 rings (SSSR count). The van der Waals surface area contributed by atoms with Crippen molar-refractivity contribution in [1.82, 2.24) is 20.1 Å². The van der Waals surface area contributed by atoms with Gasteiger partial charge in [-0.1, -0.05) is 70.1 Å². The van der Waals surface area contributed by atoms with Crippen LogP contribution in [0.3, 0.4) is 0 Å². The Morgan fingerprint density at radius 3 is 2.58 bits per heavy atom. The summed E-state index contributed by atoms with van der Waals surface area (Å²) >= 11 is 5.06. The number of para-hydroxylation sites is 1. The minimum atomic E-state index is 0.601. The molecule has 0 aliphatic carbocycles. The van der Waals surface area contributed by atoms with Crippen LogP contribution in [0.4, 0.5) is 0 Å². The molecule has 0 bridgehead atoms. The Morgan fingerprint density at radius 1 is 1.00 bits per heavy atom. The molecule has 26 heavy (non-hydrogen) atoms. The van der Waals surface area contributed by atoms with E-state index in [1.807, 2.05) is 55.5 Å². The molecule has 2 aromatic carbocycles. The highest BCUT2D eigenvalue weighted by molar-refractivity contribution is 9.10. The summed E-state index contributed by atoms with van der Waals surface area (Å²) < 4.78 is 6.21. The Morgan fingerprint density at radius 2 is 1.81 bits per heavy atom. The number of nitrogens with zero attached hydrogens (tertiary/aromatic N) is 4. The number of hydrogen-bond acceptors (Lipinski definition) is 6. The Bertz CT molecular complexity index is 1050. The maximum absolute atomic E-state index is 5.18. The fourth-order valence-electron chi connectivity index (χ4n) is 2.51. The molecule has 0 unspecified atom stereocenters. The van der Waals surface area contributed by atoms with Crippen molar-refractivity contribution in [2.75, 3.05) is 0 Å². The first-order chi connectivity index (χ1) is 12.7. The zero-order valence-electron chi connectivity index (χ0n) is 14.0. The van der Waals surface area contributed by atoms with Crippen molar-refractivity contribution in [2.24, 2.45) is 0 Å². The zero-order chi connectivity index (χ0) is 17.9. The van der Waals surface area contributed by atoms with Crippen molar-refractivity contribution in [1.29, 1.82) is 0 Å². The molecular formula is C19H15BrN4OS. The summed E-state index contributed by atoms with van der Waals surface area (Å²) in [5.74, 6) is 2.65. The first-order valence-corrected chi connectivity index (χ1v) is 9.98. The van der Waals surface area contributed by atoms with Crippen LogP contribution < -0.4 is 0 Å². The molecule has 5 nitrogen and oxygen atoms in total.